The van der Waals surface area contributed by atoms with E-state index in [-0.39, 0.29) is 23.9 Å². The summed E-state index contributed by atoms with van der Waals surface area (Å²) in [6, 6.07) is 16.6. The van der Waals surface area contributed by atoms with E-state index in [1.165, 1.54) is 0 Å². The van der Waals surface area contributed by atoms with Crippen LogP contribution >= 0.6 is 0 Å². The summed E-state index contributed by atoms with van der Waals surface area (Å²) in [6.07, 6.45) is 1.82. The van der Waals surface area contributed by atoms with Gasteiger partial charge in [0.1, 0.15) is 17.5 Å². The number of carbonyl (C=O) groups excluding carboxylic acids is 2. The van der Waals surface area contributed by atoms with Crippen LogP contribution < -0.4 is 15.4 Å². The normalized spacial score (nSPS) is 18.2. The Balaban J connectivity index is 1.81. The molecule has 0 aliphatic carbocycles. The fourth-order valence-corrected chi connectivity index (χ4v) is 4.00. The minimum Gasteiger partial charge on any atom is -0.457 e. The molecule has 2 aromatic carbocycles. The summed E-state index contributed by atoms with van der Waals surface area (Å²) in [6.45, 7) is 8.42. The Kier molecular flexibility index (Phi) is 7.56. The van der Waals surface area contributed by atoms with Gasteiger partial charge < -0.3 is 20.3 Å². The van der Waals surface area contributed by atoms with E-state index in [4.69, 9.17) is 4.74 Å². The first kappa shape index (κ1) is 23.8. The third-order valence-corrected chi connectivity index (χ3v) is 5.98. The van der Waals surface area contributed by atoms with Crippen LogP contribution in [0.1, 0.15) is 52.1 Å². The number of rotatable bonds is 7. The molecule has 2 N–H and O–H groups in total. The first-order valence-electron chi connectivity index (χ1n) is 11.3. The zero-order chi connectivity index (χ0) is 23.3. The lowest BCUT2D eigenvalue weighted by molar-refractivity contribution is -0.140. The molecule has 3 rings (SSSR count). The second-order valence-corrected chi connectivity index (χ2v) is 9.50. The minimum atomic E-state index is -0.602. The number of amides is 2. The SMILES string of the molecule is CN[C@@H](C)C(=O)NC(C(=O)N1CCC[C@H]1c1cccc(Oc2ccccc2)c1)C(C)(C)C. The van der Waals surface area contributed by atoms with E-state index >= 15 is 0 Å². The van der Waals surface area contributed by atoms with Crippen molar-refractivity contribution in [1.29, 1.82) is 0 Å². The largest absolute Gasteiger partial charge is 0.457 e. The van der Waals surface area contributed by atoms with Crippen LogP contribution in [0.3, 0.4) is 0 Å². The highest BCUT2D eigenvalue weighted by atomic mass is 16.5. The first-order chi connectivity index (χ1) is 15.2. The third kappa shape index (κ3) is 5.68. The van der Waals surface area contributed by atoms with E-state index in [0.29, 0.717) is 6.54 Å². The van der Waals surface area contributed by atoms with E-state index in [1.54, 1.807) is 14.0 Å². The number of benzene rings is 2. The van der Waals surface area contributed by atoms with Crippen molar-refractivity contribution in [2.24, 2.45) is 5.41 Å². The molecular formula is C26H35N3O3. The fourth-order valence-electron chi connectivity index (χ4n) is 4.00. The molecule has 6 nitrogen and oxygen atoms in total. The zero-order valence-electron chi connectivity index (χ0n) is 19.7. The van der Waals surface area contributed by atoms with Gasteiger partial charge in [-0.2, -0.15) is 0 Å². The van der Waals surface area contributed by atoms with E-state index in [1.807, 2.05) is 80.3 Å². The van der Waals surface area contributed by atoms with Crippen LogP contribution in [0.5, 0.6) is 11.5 Å². The van der Waals surface area contributed by atoms with E-state index in [2.05, 4.69) is 10.6 Å². The molecule has 1 aliphatic rings. The third-order valence-electron chi connectivity index (χ3n) is 5.98. The van der Waals surface area contributed by atoms with Crippen molar-refractivity contribution in [3.63, 3.8) is 0 Å². The highest BCUT2D eigenvalue weighted by Gasteiger charge is 2.40. The molecule has 0 spiro atoms. The molecule has 1 saturated heterocycles. The maximum atomic E-state index is 13.7. The van der Waals surface area contributed by atoms with Gasteiger partial charge in [-0.3, -0.25) is 9.59 Å². The van der Waals surface area contributed by atoms with Crippen LogP contribution in [-0.2, 0) is 9.59 Å². The van der Waals surface area contributed by atoms with Crippen LogP contribution in [0.25, 0.3) is 0 Å². The monoisotopic (exact) mass is 437 g/mol. The average molecular weight is 438 g/mol. The average Bonchev–Trinajstić information content (AvgIpc) is 3.26. The molecule has 0 bridgehead atoms. The number of para-hydroxylation sites is 1. The molecular weight excluding hydrogens is 402 g/mol. The number of carbonyl (C=O) groups is 2. The van der Waals surface area contributed by atoms with Gasteiger partial charge in [0.15, 0.2) is 0 Å². The van der Waals surface area contributed by atoms with Crippen molar-refractivity contribution in [3.8, 4) is 11.5 Å². The topological polar surface area (TPSA) is 70.7 Å². The molecule has 6 heteroatoms. The number of hydrogen-bond acceptors (Lipinski definition) is 4. The maximum Gasteiger partial charge on any atom is 0.246 e. The van der Waals surface area contributed by atoms with Gasteiger partial charge >= 0.3 is 0 Å². The Labute approximate surface area is 191 Å². The Hall–Kier alpha value is -2.86. The predicted molar refractivity (Wildman–Crippen MR) is 127 cm³/mol. The molecule has 1 unspecified atom stereocenters. The summed E-state index contributed by atoms with van der Waals surface area (Å²) in [7, 11) is 1.74. The van der Waals surface area contributed by atoms with Crippen molar-refractivity contribution in [2.45, 2.75) is 58.7 Å². The van der Waals surface area contributed by atoms with Crippen LogP contribution in [0, 0.1) is 5.41 Å². The van der Waals surface area contributed by atoms with Crippen molar-refractivity contribution in [1.82, 2.24) is 15.5 Å². The zero-order valence-corrected chi connectivity index (χ0v) is 19.7. The van der Waals surface area contributed by atoms with Crippen LogP contribution in [0.2, 0.25) is 0 Å². The Morgan fingerprint density at radius 2 is 1.75 bits per heavy atom. The minimum absolute atomic E-state index is 0.0361. The number of likely N-dealkylation sites (N-methyl/N-ethyl adjacent to an activating group) is 1. The fraction of sp³-hybridized carbons (Fsp3) is 0.462. The van der Waals surface area contributed by atoms with Crippen LogP contribution in [0.4, 0.5) is 0 Å². The molecule has 1 aliphatic heterocycles. The van der Waals surface area contributed by atoms with E-state index in [9.17, 15) is 9.59 Å². The standard InChI is InChI=1S/C26H35N3O3/c1-18(27-5)24(30)28-23(26(2,3)4)25(31)29-16-10-15-22(29)19-11-9-14-21(17-19)32-20-12-7-6-8-13-20/h6-9,11-14,17-18,22-23,27H,10,15-16H2,1-5H3,(H,28,30)/t18-,22-,23?/m0/s1. The van der Waals surface area contributed by atoms with Gasteiger partial charge in [0.25, 0.3) is 0 Å². The quantitative estimate of drug-likeness (QED) is 0.678. The summed E-state index contributed by atoms with van der Waals surface area (Å²) >= 11 is 0. The molecule has 0 radical (unpaired) electrons. The van der Waals surface area contributed by atoms with Gasteiger partial charge in [0.2, 0.25) is 11.8 Å². The van der Waals surface area contributed by atoms with Crippen LogP contribution in [0.15, 0.2) is 54.6 Å². The van der Waals surface area contributed by atoms with Gasteiger partial charge in [-0.25, -0.2) is 0 Å². The molecule has 2 aromatic rings. The van der Waals surface area contributed by atoms with Crippen molar-refractivity contribution >= 4 is 11.8 Å². The molecule has 2 amide bonds. The van der Waals surface area contributed by atoms with Crippen molar-refractivity contribution in [2.75, 3.05) is 13.6 Å². The highest BCUT2D eigenvalue weighted by molar-refractivity contribution is 5.90. The molecule has 172 valence electrons. The summed E-state index contributed by atoms with van der Waals surface area (Å²) in [4.78, 5) is 28.1. The van der Waals surface area contributed by atoms with E-state index in [0.717, 1.165) is 29.9 Å². The lowest BCUT2D eigenvalue weighted by Gasteiger charge is -2.36. The summed E-state index contributed by atoms with van der Waals surface area (Å²) in [5.74, 6) is 1.32. The smallest absolute Gasteiger partial charge is 0.246 e. The van der Waals surface area contributed by atoms with Crippen molar-refractivity contribution < 1.29 is 14.3 Å². The summed E-state index contributed by atoms with van der Waals surface area (Å²) < 4.78 is 6.00. The lowest BCUT2D eigenvalue weighted by Crippen LogP contribution is -2.57. The number of likely N-dealkylation sites (tertiary alicyclic amines) is 1. The Morgan fingerprint density at radius 1 is 1.06 bits per heavy atom. The molecule has 3 atom stereocenters. The van der Waals surface area contributed by atoms with E-state index < -0.39 is 11.5 Å². The number of ether oxygens (including phenoxy) is 1. The lowest BCUT2D eigenvalue weighted by atomic mass is 9.85. The molecule has 32 heavy (non-hydrogen) atoms. The van der Waals surface area contributed by atoms with Gasteiger partial charge in [-0.15, -0.1) is 0 Å². The predicted octanol–water partition coefficient (Wildman–Crippen LogP) is 4.28. The summed E-state index contributed by atoms with van der Waals surface area (Å²) in [5.41, 5.74) is 0.637. The number of hydrogen-bond donors (Lipinski definition) is 2. The number of nitrogens with one attached hydrogen (secondary N) is 2. The van der Waals surface area contributed by atoms with Gasteiger partial charge in [0, 0.05) is 6.54 Å². The Morgan fingerprint density at radius 3 is 2.41 bits per heavy atom. The second kappa shape index (κ2) is 10.2. The second-order valence-electron chi connectivity index (χ2n) is 9.50. The maximum absolute atomic E-state index is 13.7. The van der Waals surface area contributed by atoms with Gasteiger partial charge in [-0.05, 0) is 62.1 Å². The van der Waals surface area contributed by atoms with Gasteiger partial charge in [0.05, 0.1) is 12.1 Å². The molecule has 1 fully saturated rings. The summed E-state index contributed by atoms with van der Waals surface area (Å²) in [5, 5.41) is 5.92. The molecule has 0 saturated carbocycles. The number of nitrogens with zero attached hydrogens (tertiary/aromatic N) is 1. The van der Waals surface area contributed by atoms with Crippen molar-refractivity contribution in [3.05, 3.63) is 60.2 Å². The first-order valence-corrected chi connectivity index (χ1v) is 11.3. The molecule has 0 aromatic heterocycles. The van der Waals surface area contributed by atoms with Crippen LogP contribution in [-0.4, -0.2) is 42.4 Å². The molecule has 1 heterocycles. The van der Waals surface area contributed by atoms with Gasteiger partial charge in [-0.1, -0.05) is 51.1 Å². The Bertz CT molecular complexity index is 923. The highest BCUT2D eigenvalue weighted by Crippen LogP contribution is 2.36.